The molecule has 0 aliphatic carbocycles. The summed E-state index contributed by atoms with van der Waals surface area (Å²) in [6, 6.07) is 1.67. The Kier molecular flexibility index (Phi) is 6.20. The number of anilines is 1. The average Bonchev–Trinajstić information content (AvgIpc) is 2.42. The van der Waals surface area contributed by atoms with E-state index in [0.29, 0.717) is 6.54 Å². The van der Waals surface area contributed by atoms with Crippen molar-refractivity contribution in [2.24, 2.45) is 0 Å². The van der Waals surface area contributed by atoms with Crippen molar-refractivity contribution in [3.05, 3.63) is 22.6 Å². The predicted molar refractivity (Wildman–Crippen MR) is 84.4 cm³/mol. The Morgan fingerprint density at radius 1 is 1.30 bits per heavy atom. The minimum Gasteiger partial charge on any atom is -0.371 e. The summed E-state index contributed by atoms with van der Waals surface area (Å²) < 4.78 is 1.52. The second-order valence-electron chi connectivity index (χ2n) is 5.61. The van der Waals surface area contributed by atoms with Crippen molar-refractivity contribution in [3.63, 3.8) is 0 Å². The van der Waals surface area contributed by atoms with Gasteiger partial charge in [0, 0.05) is 31.2 Å². The summed E-state index contributed by atoms with van der Waals surface area (Å²) in [5, 5.41) is 7.70. The Bertz CT molecular complexity index is 463. The Morgan fingerprint density at radius 3 is 2.45 bits per heavy atom. The minimum atomic E-state index is -0.0366. The maximum Gasteiger partial charge on any atom is 0.268 e. The van der Waals surface area contributed by atoms with Crippen LogP contribution in [0.1, 0.15) is 41.0 Å². The van der Waals surface area contributed by atoms with Crippen molar-refractivity contribution < 1.29 is 0 Å². The zero-order chi connectivity index (χ0) is 15.2. The van der Waals surface area contributed by atoms with E-state index in [4.69, 9.17) is 0 Å². The molecule has 0 aliphatic rings. The van der Waals surface area contributed by atoms with Gasteiger partial charge in [-0.05, 0) is 34.1 Å². The van der Waals surface area contributed by atoms with Crippen LogP contribution >= 0.6 is 0 Å². The third-order valence-electron chi connectivity index (χ3n) is 3.79. The van der Waals surface area contributed by atoms with Crippen LogP contribution in [0.4, 0.5) is 5.69 Å². The van der Waals surface area contributed by atoms with Crippen LogP contribution in [0.3, 0.4) is 0 Å². The minimum absolute atomic E-state index is 0.0366. The lowest BCUT2D eigenvalue weighted by atomic mass is 10.0. The molecule has 1 heterocycles. The van der Waals surface area contributed by atoms with E-state index in [0.717, 1.165) is 31.7 Å². The molecule has 0 aliphatic heterocycles. The van der Waals surface area contributed by atoms with E-state index in [1.165, 1.54) is 4.68 Å². The summed E-state index contributed by atoms with van der Waals surface area (Å²) in [4.78, 5) is 14.2. The van der Waals surface area contributed by atoms with Crippen LogP contribution in [0.5, 0.6) is 0 Å². The fourth-order valence-corrected chi connectivity index (χ4v) is 1.98. The Hall–Kier alpha value is -1.36. The third kappa shape index (κ3) is 4.63. The van der Waals surface area contributed by atoms with Gasteiger partial charge in [-0.25, -0.2) is 4.68 Å². The van der Waals surface area contributed by atoms with Gasteiger partial charge >= 0.3 is 0 Å². The van der Waals surface area contributed by atoms with Crippen LogP contribution in [0.25, 0.3) is 0 Å². The van der Waals surface area contributed by atoms with Crippen molar-refractivity contribution in [3.8, 4) is 0 Å². The highest BCUT2D eigenvalue weighted by atomic mass is 16.1. The summed E-state index contributed by atoms with van der Waals surface area (Å²) in [6.07, 6.45) is 2.83. The van der Waals surface area contributed by atoms with Crippen molar-refractivity contribution in [2.45, 2.75) is 53.1 Å². The van der Waals surface area contributed by atoms with Gasteiger partial charge in [0.2, 0.25) is 0 Å². The van der Waals surface area contributed by atoms with Crippen molar-refractivity contribution in [1.29, 1.82) is 0 Å². The summed E-state index contributed by atoms with van der Waals surface area (Å²) in [5.41, 5.74) is 0.966. The van der Waals surface area contributed by atoms with Crippen LogP contribution in [-0.2, 0) is 6.54 Å². The van der Waals surface area contributed by atoms with Crippen molar-refractivity contribution >= 4 is 5.69 Å². The number of hydrogen-bond donors (Lipinski definition) is 1. The topological polar surface area (TPSA) is 50.2 Å². The molecule has 0 saturated carbocycles. The van der Waals surface area contributed by atoms with E-state index in [9.17, 15) is 4.79 Å². The highest BCUT2D eigenvalue weighted by Gasteiger charge is 2.13. The van der Waals surface area contributed by atoms with E-state index < -0.39 is 0 Å². The molecule has 0 atom stereocenters. The quantitative estimate of drug-likeness (QED) is 0.790. The predicted octanol–water partition coefficient (Wildman–Crippen LogP) is 1.87. The van der Waals surface area contributed by atoms with Gasteiger partial charge in [-0.1, -0.05) is 6.92 Å². The fraction of sp³-hybridized carbons (Fsp3) is 0.733. The van der Waals surface area contributed by atoms with Crippen LogP contribution in [0.2, 0.25) is 0 Å². The summed E-state index contributed by atoms with van der Waals surface area (Å²) in [5.74, 6) is 0. The average molecular weight is 280 g/mol. The van der Waals surface area contributed by atoms with Crippen LogP contribution in [-0.4, -0.2) is 35.0 Å². The molecule has 0 fully saturated rings. The van der Waals surface area contributed by atoms with E-state index >= 15 is 0 Å². The zero-order valence-electron chi connectivity index (χ0n) is 13.4. The number of hydrogen-bond acceptors (Lipinski definition) is 4. The van der Waals surface area contributed by atoms with Crippen LogP contribution < -0.4 is 15.8 Å². The molecular formula is C15H28N4O. The molecule has 5 heteroatoms. The second-order valence-corrected chi connectivity index (χ2v) is 5.61. The Balaban J connectivity index is 2.67. The maximum absolute atomic E-state index is 12.0. The smallest absolute Gasteiger partial charge is 0.268 e. The van der Waals surface area contributed by atoms with Gasteiger partial charge in [-0.3, -0.25) is 4.79 Å². The molecule has 1 aromatic heterocycles. The van der Waals surface area contributed by atoms with Gasteiger partial charge in [0.05, 0.1) is 18.4 Å². The summed E-state index contributed by atoms with van der Waals surface area (Å²) >= 11 is 0. The first-order valence-electron chi connectivity index (χ1n) is 7.50. The second kappa shape index (κ2) is 7.43. The maximum atomic E-state index is 12.0. The lowest BCUT2D eigenvalue weighted by molar-refractivity contribution is 0.360. The number of nitrogens with one attached hydrogen (secondary N) is 1. The zero-order valence-corrected chi connectivity index (χ0v) is 13.4. The highest BCUT2D eigenvalue weighted by molar-refractivity contribution is 5.42. The first-order valence-corrected chi connectivity index (χ1v) is 7.50. The Labute approximate surface area is 122 Å². The number of nitrogens with zero attached hydrogens (tertiary/aromatic N) is 3. The van der Waals surface area contributed by atoms with Gasteiger partial charge in [-0.15, -0.1) is 0 Å². The number of aromatic nitrogens is 2. The normalized spacial score (nSPS) is 11.7. The van der Waals surface area contributed by atoms with Gasteiger partial charge < -0.3 is 10.2 Å². The van der Waals surface area contributed by atoms with Gasteiger partial charge in [0.25, 0.3) is 5.56 Å². The largest absolute Gasteiger partial charge is 0.371 e. The van der Waals surface area contributed by atoms with E-state index in [1.54, 1.807) is 12.3 Å². The summed E-state index contributed by atoms with van der Waals surface area (Å²) in [6.45, 7) is 13.7. The van der Waals surface area contributed by atoms with E-state index in [-0.39, 0.29) is 11.1 Å². The fourth-order valence-electron chi connectivity index (χ4n) is 1.98. The van der Waals surface area contributed by atoms with Crippen molar-refractivity contribution in [1.82, 2.24) is 15.1 Å². The standard InChI is InChI=1S/C15H28N4O/c1-6-15(4,5)16-9-10-19-14(20)11-13(12-17-19)18(7-2)8-3/h11-12,16H,6-10H2,1-5H3. The summed E-state index contributed by atoms with van der Waals surface area (Å²) in [7, 11) is 0. The SMILES string of the molecule is CCN(CC)c1cnn(CCNC(C)(C)CC)c(=O)c1. The van der Waals surface area contributed by atoms with E-state index in [2.05, 4.69) is 49.9 Å². The molecule has 20 heavy (non-hydrogen) atoms. The van der Waals surface area contributed by atoms with Crippen LogP contribution in [0, 0.1) is 0 Å². The van der Waals surface area contributed by atoms with Gasteiger partial charge in [-0.2, -0.15) is 5.10 Å². The molecule has 5 nitrogen and oxygen atoms in total. The van der Waals surface area contributed by atoms with Gasteiger partial charge in [0.1, 0.15) is 0 Å². The molecule has 0 amide bonds. The first-order chi connectivity index (χ1) is 9.43. The molecule has 0 unspecified atom stereocenters. The molecule has 114 valence electrons. The monoisotopic (exact) mass is 280 g/mol. The highest BCUT2D eigenvalue weighted by Crippen LogP contribution is 2.08. The molecule has 1 aromatic rings. The molecule has 0 saturated heterocycles. The molecule has 0 radical (unpaired) electrons. The molecular weight excluding hydrogens is 252 g/mol. The lowest BCUT2D eigenvalue weighted by Gasteiger charge is -2.24. The number of rotatable bonds is 8. The molecule has 0 aromatic carbocycles. The molecule has 0 bridgehead atoms. The molecule has 1 rings (SSSR count). The molecule has 1 N–H and O–H groups in total. The van der Waals surface area contributed by atoms with Crippen LogP contribution in [0.15, 0.2) is 17.1 Å². The first kappa shape index (κ1) is 16.7. The lowest BCUT2D eigenvalue weighted by Crippen LogP contribution is -2.41. The molecule has 0 spiro atoms. The third-order valence-corrected chi connectivity index (χ3v) is 3.79. The van der Waals surface area contributed by atoms with Crippen molar-refractivity contribution in [2.75, 3.05) is 24.5 Å². The van der Waals surface area contributed by atoms with E-state index in [1.807, 2.05) is 0 Å². The van der Waals surface area contributed by atoms with Gasteiger partial charge in [0.15, 0.2) is 0 Å². The Morgan fingerprint density at radius 2 is 1.95 bits per heavy atom.